The van der Waals surface area contributed by atoms with Gasteiger partial charge in [0.15, 0.2) is 6.10 Å². The summed E-state index contributed by atoms with van der Waals surface area (Å²) in [4.78, 5) is 11.1. The number of hydrogen-bond acceptors (Lipinski definition) is 3. The Labute approximate surface area is 102 Å². The van der Waals surface area contributed by atoms with Gasteiger partial charge in [0.05, 0.1) is 6.10 Å². The molecular weight excluding hydrogens is 246 g/mol. The molecule has 1 aliphatic heterocycles. The van der Waals surface area contributed by atoms with Crippen LogP contribution >= 0.6 is 0 Å². The van der Waals surface area contributed by atoms with Crippen molar-refractivity contribution in [3.8, 4) is 5.75 Å². The van der Waals surface area contributed by atoms with Crippen molar-refractivity contribution in [2.45, 2.75) is 32.2 Å². The normalized spacial score (nSPS) is 22.7. The van der Waals surface area contributed by atoms with Gasteiger partial charge >= 0.3 is 12.6 Å². The SMILES string of the molecule is CC1Cc2c(OC(F)F)cccc2C(C(=O)O)O1. The van der Waals surface area contributed by atoms with E-state index >= 15 is 0 Å². The van der Waals surface area contributed by atoms with Crippen molar-refractivity contribution in [1.82, 2.24) is 0 Å². The first kappa shape index (κ1) is 12.8. The first-order valence-corrected chi connectivity index (χ1v) is 5.44. The van der Waals surface area contributed by atoms with E-state index in [1.165, 1.54) is 12.1 Å². The Balaban J connectivity index is 2.44. The maximum Gasteiger partial charge on any atom is 0.387 e. The molecule has 0 amide bonds. The Hall–Kier alpha value is -1.69. The summed E-state index contributed by atoms with van der Waals surface area (Å²) in [6, 6.07) is 4.44. The van der Waals surface area contributed by atoms with Gasteiger partial charge in [-0.3, -0.25) is 0 Å². The number of aliphatic carboxylic acids is 1. The van der Waals surface area contributed by atoms with Crippen molar-refractivity contribution in [3.63, 3.8) is 0 Å². The van der Waals surface area contributed by atoms with E-state index in [1.807, 2.05) is 0 Å². The van der Waals surface area contributed by atoms with Gasteiger partial charge in [0, 0.05) is 12.0 Å². The summed E-state index contributed by atoms with van der Waals surface area (Å²) in [5, 5.41) is 9.06. The molecule has 0 bridgehead atoms. The van der Waals surface area contributed by atoms with Gasteiger partial charge < -0.3 is 14.6 Å². The van der Waals surface area contributed by atoms with Gasteiger partial charge in [0.1, 0.15) is 5.75 Å². The van der Waals surface area contributed by atoms with Crippen molar-refractivity contribution in [3.05, 3.63) is 29.3 Å². The highest BCUT2D eigenvalue weighted by Crippen LogP contribution is 2.36. The molecule has 18 heavy (non-hydrogen) atoms. The molecule has 1 aromatic carbocycles. The van der Waals surface area contributed by atoms with Crippen LogP contribution in [0, 0.1) is 0 Å². The molecule has 6 heteroatoms. The van der Waals surface area contributed by atoms with Crippen molar-refractivity contribution >= 4 is 5.97 Å². The predicted octanol–water partition coefficient (Wildman–Crippen LogP) is 2.37. The smallest absolute Gasteiger partial charge is 0.387 e. The molecule has 2 unspecified atom stereocenters. The summed E-state index contributed by atoms with van der Waals surface area (Å²) in [5.41, 5.74) is 0.850. The van der Waals surface area contributed by atoms with Gasteiger partial charge in [0.2, 0.25) is 0 Å². The van der Waals surface area contributed by atoms with Crippen LogP contribution in [0.1, 0.15) is 24.2 Å². The highest BCUT2D eigenvalue weighted by atomic mass is 19.3. The lowest BCUT2D eigenvalue weighted by Crippen LogP contribution is -2.29. The lowest BCUT2D eigenvalue weighted by molar-refractivity contribution is -0.155. The minimum absolute atomic E-state index is 0.0175. The lowest BCUT2D eigenvalue weighted by atomic mass is 9.94. The molecule has 1 aromatic rings. The van der Waals surface area contributed by atoms with Crippen LogP contribution in [0.25, 0.3) is 0 Å². The lowest BCUT2D eigenvalue weighted by Gasteiger charge is -2.29. The largest absolute Gasteiger partial charge is 0.479 e. The number of ether oxygens (including phenoxy) is 2. The number of carboxylic acids is 1. The van der Waals surface area contributed by atoms with E-state index < -0.39 is 18.7 Å². The molecule has 0 aromatic heterocycles. The van der Waals surface area contributed by atoms with Gasteiger partial charge in [-0.1, -0.05) is 12.1 Å². The number of halogens is 2. The Morgan fingerprint density at radius 2 is 2.28 bits per heavy atom. The van der Waals surface area contributed by atoms with Crippen LogP contribution in [0.5, 0.6) is 5.75 Å². The monoisotopic (exact) mass is 258 g/mol. The summed E-state index contributed by atoms with van der Waals surface area (Å²) >= 11 is 0. The van der Waals surface area contributed by atoms with Gasteiger partial charge in [0.25, 0.3) is 0 Å². The first-order chi connectivity index (χ1) is 8.49. The molecular formula is C12H12F2O4. The van der Waals surface area contributed by atoms with E-state index in [9.17, 15) is 13.6 Å². The highest BCUT2D eigenvalue weighted by Gasteiger charge is 2.32. The summed E-state index contributed by atoms with van der Waals surface area (Å²) in [6.45, 7) is -1.24. The molecule has 0 aliphatic carbocycles. The van der Waals surface area contributed by atoms with Crippen LogP contribution in [0.15, 0.2) is 18.2 Å². The standard InChI is InChI=1S/C12H12F2O4/c1-6-5-8-7(10(17-6)11(15)16)3-2-4-9(8)18-12(13)14/h2-4,6,10,12H,5H2,1H3,(H,15,16). The third kappa shape index (κ3) is 2.43. The molecule has 0 saturated carbocycles. The number of alkyl halides is 2. The van der Waals surface area contributed by atoms with Crippen molar-refractivity contribution in [2.75, 3.05) is 0 Å². The van der Waals surface area contributed by atoms with Crippen LogP contribution in [0.3, 0.4) is 0 Å². The Morgan fingerprint density at radius 3 is 2.89 bits per heavy atom. The maximum absolute atomic E-state index is 12.3. The Kier molecular flexibility index (Phi) is 3.47. The summed E-state index contributed by atoms with van der Waals surface area (Å²) in [7, 11) is 0. The van der Waals surface area contributed by atoms with Gasteiger partial charge in [-0.2, -0.15) is 8.78 Å². The van der Waals surface area contributed by atoms with E-state index in [4.69, 9.17) is 9.84 Å². The van der Waals surface area contributed by atoms with Crippen molar-refractivity contribution in [1.29, 1.82) is 0 Å². The average molecular weight is 258 g/mol. The Morgan fingerprint density at radius 1 is 1.56 bits per heavy atom. The quantitative estimate of drug-likeness (QED) is 0.904. The van der Waals surface area contributed by atoms with Gasteiger partial charge in [-0.15, -0.1) is 0 Å². The van der Waals surface area contributed by atoms with Crippen LogP contribution in [-0.2, 0) is 16.0 Å². The highest BCUT2D eigenvalue weighted by molar-refractivity contribution is 5.76. The average Bonchev–Trinajstić information content (AvgIpc) is 2.28. The molecule has 0 saturated heterocycles. The number of rotatable bonds is 3. The molecule has 4 nitrogen and oxygen atoms in total. The molecule has 0 fully saturated rings. The summed E-state index contributed by atoms with van der Waals surface area (Å²) in [6.07, 6.45) is -1.15. The molecule has 1 aliphatic rings. The third-order valence-corrected chi connectivity index (χ3v) is 2.75. The molecule has 1 heterocycles. The summed E-state index contributed by atoms with van der Waals surface area (Å²) in [5.74, 6) is -1.12. The number of hydrogen-bond donors (Lipinski definition) is 1. The van der Waals surface area contributed by atoms with Crippen LogP contribution in [-0.4, -0.2) is 23.8 Å². The van der Waals surface area contributed by atoms with E-state index in [2.05, 4.69) is 4.74 Å². The van der Waals surface area contributed by atoms with E-state index in [1.54, 1.807) is 13.0 Å². The predicted molar refractivity (Wildman–Crippen MR) is 57.7 cm³/mol. The number of fused-ring (bicyclic) bond motifs is 1. The second kappa shape index (κ2) is 4.89. The second-order valence-corrected chi connectivity index (χ2v) is 4.07. The maximum atomic E-state index is 12.3. The zero-order chi connectivity index (χ0) is 13.3. The van der Waals surface area contributed by atoms with Gasteiger partial charge in [-0.25, -0.2) is 4.79 Å². The van der Waals surface area contributed by atoms with E-state index in [-0.39, 0.29) is 11.9 Å². The fourth-order valence-electron chi connectivity index (χ4n) is 2.09. The van der Waals surface area contributed by atoms with E-state index in [0.717, 1.165) is 0 Å². The fraction of sp³-hybridized carbons (Fsp3) is 0.417. The van der Waals surface area contributed by atoms with Crippen molar-refractivity contribution in [2.24, 2.45) is 0 Å². The molecule has 2 atom stereocenters. The number of benzene rings is 1. The zero-order valence-corrected chi connectivity index (χ0v) is 9.60. The molecule has 1 N–H and O–H groups in total. The fourth-order valence-corrected chi connectivity index (χ4v) is 2.09. The topological polar surface area (TPSA) is 55.8 Å². The second-order valence-electron chi connectivity index (χ2n) is 4.07. The first-order valence-electron chi connectivity index (χ1n) is 5.44. The zero-order valence-electron chi connectivity index (χ0n) is 9.60. The van der Waals surface area contributed by atoms with Crippen LogP contribution in [0.2, 0.25) is 0 Å². The summed E-state index contributed by atoms with van der Waals surface area (Å²) < 4.78 is 34.2. The van der Waals surface area contributed by atoms with E-state index in [0.29, 0.717) is 17.5 Å². The van der Waals surface area contributed by atoms with Crippen LogP contribution in [0.4, 0.5) is 8.78 Å². The number of carboxylic acid groups (broad SMARTS) is 1. The minimum atomic E-state index is -2.93. The molecule has 0 radical (unpaired) electrons. The van der Waals surface area contributed by atoms with Crippen LogP contribution < -0.4 is 4.74 Å². The van der Waals surface area contributed by atoms with Gasteiger partial charge in [-0.05, 0) is 18.6 Å². The third-order valence-electron chi connectivity index (χ3n) is 2.75. The molecule has 0 spiro atoms. The minimum Gasteiger partial charge on any atom is -0.479 e. The molecule has 2 rings (SSSR count). The molecule has 98 valence electrons. The van der Waals surface area contributed by atoms with Crippen molar-refractivity contribution < 1.29 is 28.2 Å². The number of carbonyl (C=O) groups is 1. The Bertz CT molecular complexity index is 461.